The molecule has 25 heavy (non-hydrogen) atoms. The van der Waals surface area contributed by atoms with Gasteiger partial charge in [-0.1, -0.05) is 64.7 Å². The molecule has 5 unspecified atom stereocenters. The molecule has 1 aliphatic heterocycles. The first-order chi connectivity index (χ1) is 12.1. The lowest BCUT2D eigenvalue weighted by Crippen LogP contribution is -2.59. The van der Waals surface area contributed by atoms with Crippen LogP contribution in [0.1, 0.15) is 71.1 Å². The van der Waals surface area contributed by atoms with Gasteiger partial charge in [0, 0.05) is 13.7 Å². The van der Waals surface area contributed by atoms with Gasteiger partial charge in [0.1, 0.15) is 24.4 Å². The Morgan fingerprint density at radius 1 is 0.760 bits per heavy atom. The van der Waals surface area contributed by atoms with Crippen molar-refractivity contribution in [1.29, 1.82) is 0 Å². The molecule has 0 aromatic rings. The van der Waals surface area contributed by atoms with Crippen LogP contribution < -0.4 is 0 Å². The van der Waals surface area contributed by atoms with E-state index in [0.717, 1.165) is 12.8 Å². The van der Waals surface area contributed by atoms with Crippen molar-refractivity contribution in [1.82, 2.24) is 0 Å². The van der Waals surface area contributed by atoms with E-state index >= 15 is 0 Å². The quantitative estimate of drug-likeness (QED) is 0.411. The van der Waals surface area contributed by atoms with Gasteiger partial charge in [0.2, 0.25) is 0 Å². The molecule has 0 aliphatic carbocycles. The summed E-state index contributed by atoms with van der Waals surface area (Å²) in [7, 11) is 1.39. The zero-order valence-corrected chi connectivity index (χ0v) is 15.9. The van der Waals surface area contributed by atoms with Crippen molar-refractivity contribution in [3.63, 3.8) is 0 Å². The molecule has 150 valence electrons. The van der Waals surface area contributed by atoms with Crippen molar-refractivity contribution in [2.75, 3.05) is 20.3 Å². The zero-order chi connectivity index (χ0) is 18.5. The predicted molar refractivity (Wildman–Crippen MR) is 96.4 cm³/mol. The molecular formula is C19H38O6. The summed E-state index contributed by atoms with van der Waals surface area (Å²) >= 11 is 0. The van der Waals surface area contributed by atoms with Crippen LogP contribution in [0.25, 0.3) is 0 Å². The summed E-state index contributed by atoms with van der Waals surface area (Å²) in [6.45, 7) is 3.03. The van der Waals surface area contributed by atoms with Crippen molar-refractivity contribution >= 4 is 0 Å². The minimum Gasteiger partial charge on any atom is -0.387 e. The van der Waals surface area contributed by atoms with E-state index in [-0.39, 0.29) is 6.61 Å². The Kier molecular flexibility index (Phi) is 12.7. The highest BCUT2D eigenvalue weighted by Gasteiger charge is 2.43. The largest absolute Gasteiger partial charge is 0.387 e. The molecule has 0 spiro atoms. The highest BCUT2D eigenvalue weighted by Crippen LogP contribution is 2.22. The van der Waals surface area contributed by atoms with Gasteiger partial charge in [-0.3, -0.25) is 0 Å². The molecule has 0 saturated carbocycles. The summed E-state index contributed by atoms with van der Waals surface area (Å²) in [5.74, 6) is 0. The lowest BCUT2D eigenvalue weighted by molar-refractivity contribution is -0.296. The molecule has 1 heterocycles. The molecule has 0 radical (unpaired) electrons. The summed E-state index contributed by atoms with van der Waals surface area (Å²) in [6.07, 6.45) is 7.38. The molecular weight excluding hydrogens is 324 g/mol. The summed E-state index contributed by atoms with van der Waals surface area (Å²) < 4.78 is 15.9. The third kappa shape index (κ3) is 8.80. The highest BCUT2D eigenvalue weighted by atomic mass is 16.7. The molecule has 0 bridgehead atoms. The van der Waals surface area contributed by atoms with Gasteiger partial charge >= 0.3 is 0 Å². The Balaban J connectivity index is 1.99. The van der Waals surface area contributed by atoms with Crippen molar-refractivity contribution in [3.05, 3.63) is 0 Å². The van der Waals surface area contributed by atoms with Crippen LogP contribution in [0.3, 0.4) is 0 Å². The van der Waals surface area contributed by atoms with Crippen LogP contribution in [0.2, 0.25) is 0 Å². The van der Waals surface area contributed by atoms with Gasteiger partial charge in [-0.25, -0.2) is 0 Å². The second kappa shape index (κ2) is 13.9. The van der Waals surface area contributed by atoms with Crippen LogP contribution in [0.15, 0.2) is 0 Å². The van der Waals surface area contributed by atoms with Crippen LogP contribution in [0.5, 0.6) is 0 Å². The first-order valence-corrected chi connectivity index (χ1v) is 9.92. The Labute approximate surface area is 152 Å². The smallest absolute Gasteiger partial charge is 0.186 e. The number of ether oxygens (including phenoxy) is 3. The molecule has 1 saturated heterocycles. The maximum atomic E-state index is 9.93. The van der Waals surface area contributed by atoms with E-state index in [4.69, 9.17) is 14.2 Å². The van der Waals surface area contributed by atoms with Crippen molar-refractivity contribution in [2.45, 2.75) is 102 Å². The van der Waals surface area contributed by atoms with Crippen LogP contribution in [0.4, 0.5) is 0 Å². The van der Waals surface area contributed by atoms with Gasteiger partial charge < -0.3 is 29.5 Å². The number of hydrogen-bond donors (Lipinski definition) is 3. The first kappa shape index (κ1) is 22.8. The second-order valence-electron chi connectivity index (χ2n) is 7.01. The van der Waals surface area contributed by atoms with Gasteiger partial charge in [0.25, 0.3) is 0 Å². The Morgan fingerprint density at radius 3 is 1.88 bits per heavy atom. The standard InChI is InChI=1S/C19H38O6/c1-3-4-5-6-7-8-9-10-11-12-13-24-14-15-16(20)17(21)18(22)19(23-2)25-15/h15-22H,3-14H2,1-2H3. The number of unbranched alkanes of at least 4 members (excludes halogenated alkanes) is 9. The average molecular weight is 363 g/mol. The molecule has 1 rings (SSSR count). The first-order valence-electron chi connectivity index (χ1n) is 9.92. The van der Waals surface area contributed by atoms with Crippen LogP contribution in [-0.4, -0.2) is 66.3 Å². The topological polar surface area (TPSA) is 88.4 Å². The monoisotopic (exact) mass is 362 g/mol. The van der Waals surface area contributed by atoms with Crippen LogP contribution >= 0.6 is 0 Å². The number of aliphatic hydroxyl groups excluding tert-OH is 3. The van der Waals surface area contributed by atoms with Gasteiger partial charge in [-0.05, 0) is 6.42 Å². The molecule has 6 heteroatoms. The normalized spacial score (nSPS) is 29.9. The van der Waals surface area contributed by atoms with Crippen molar-refractivity contribution in [3.8, 4) is 0 Å². The molecule has 0 aromatic heterocycles. The number of methoxy groups -OCH3 is 1. The maximum Gasteiger partial charge on any atom is 0.186 e. The zero-order valence-electron chi connectivity index (χ0n) is 15.9. The third-order valence-corrected chi connectivity index (χ3v) is 4.83. The molecule has 1 fully saturated rings. The minimum atomic E-state index is -1.29. The molecule has 6 nitrogen and oxygen atoms in total. The molecule has 1 aliphatic rings. The van der Waals surface area contributed by atoms with E-state index in [1.165, 1.54) is 58.5 Å². The summed E-state index contributed by atoms with van der Waals surface area (Å²) in [4.78, 5) is 0. The highest BCUT2D eigenvalue weighted by molar-refractivity contribution is 4.88. The second-order valence-corrected chi connectivity index (χ2v) is 7.01. The van der Waals surface area contributed by atoms with E-state index in [1.807, 2.05) is 0 Å². The minimum absolute atomic E-state index is 0.183. The fourth-order valence-corrected chi connectivity index (χ4v) is 3.14. The van der Waals surface area contributed by atoms with Crippen molar-refractivity contribution < 1.29 is 29.5 Å². The Hall–Kier alpha value is -0.240. The van der Waals surface area contributed by atoms with Crippen molar-refractivity contribution in [2.24, 2.45) is 0 Å². The summed E-state index contributed by atoms with van der Waals surface area (Å²) in [5.41, 5.74) is 0. The molecule has 5 atom stereocenters. The lowest BCUT2D eigenvalue weighted by Gasteiger charge is -2.39. The van der Waals surface area contributed by atoms with Gasteiger partial charge in [0.05, 0.1) is 6.61 Å². The van der Waals surface area contributed by atoms with Gasteiger partial charge in [-0.15, -0.1) is 0 Å². The van der Waals surface area contributed by atoms with Crippen LogP contribution in [-0.2, 0) is 14.2 Å². The Bertz CT molecular complexity index is 312. The fraction of sp³-hybridized carbons (Fsp3) is 1.00. The Morgan fingerprint density at radius 2 is 1.32 bits per heavy atom. The SMILES string of the molecule is CCCCCCCCCCCCOCC1OC(OC)C(O)C(O)C1O. The van der Waals surface area contributed by atoms with Crippen LogP contribution in [0, 0.1) is 0 Å². The number of rotatable bonds is 14. The summed E-state index contributed by atoms with van der Waals surface area (Å²) in [5, 5.41) is 29.4. The van der Waals surface area contributed by atoms with E-state index in [2.05, 4.69) is 6.92 Å². The number of hydrogen-bond acceptors (Lipinski definition) is 6. The van der Waals surface area contributed by atoms with E-state index < -0.39 is 30.7 Å². The van der Waals surface area contributed by atoms with E-state index in [0.29, 0.717) is 6.61 Å². The van der Waals surface area contributed by atoms with Gasteiger partial charge in [-0.2, -0.15) is 0 Å². The average Bonchev–Trinajstić information content (AvgIpc) is 2.62. The lowest BCUT2D eigenvalue weighted by atomic mass is 9.99. The number of aliphatic hydroxyl groups is 3. The molecule has 3 N–H and O–H groups in total. The molecule has 0 amide bonds. The van der Waals surface area contributed by atoms with E-state index in [1.54, 1.807) is 0 Å². The predicted octanol–water partition coefficient (Wildman–Crippen LogP) is 2.38. The maximum absolute atomic E-state index is 9.93. The third-order valence-electron chi connectivity index (χ3n) is 4.83. The molecule has 0 aromatic carbocycles. The summed E-state index contributed by atoms with van der Waals surface area (Å²) in [6, 6.07) is 0. The van der Waals surface area contributed by atoms with E-state index in [9.17, 15) is 15.3 Å². The fourth-order valence-electron chi connectivity index (χ4n) is 3.14. The van der Waals surface area contributed by atoms with Gasteiger partial charge in [0.15, 0.2) is 6.29 Å².